The van der Waals surface area contributed by atoms with E-state index >= 15 is 0 Å². The zero-order chi connectivity index (χ0) is 2.71. The number of hydrogen-bond acceptors (Lipinski definition) is 1. The Morgan fingerprint density at radius 1 is 1.25 bits per heavy atom. The summed E-state index contributed by atoms with van der Waals surface area (Å²) in [5.74, 6) is 0. The van der Waals surface area contributed by atoms with Crippen LogP contribution in [-0.4, -0.2) is 37.1 Å². The molecule has 0 bridgehead atoms. The van der Waals surface area contributed by atoms with Crippen molar-refractivity contribution in [2.45, 2.75) is 0 Å². The minimum atomic E-state index is 0. The zero-order valence-electron chi connectivity index (χ0n) is 3.21. The first-order chi connectivity index (χ1) is 1.41. The summed E-state index contributed by atoms with van der Waals surface area (Å²) >= 11 is 0. The summed E-state index contributed by atoms with van der Waals surface area (Å²) in [5, 5.41) is 2.75. The van der Waals surface area contributed by atoms with Gasteiger partial charge in [0.15, 0.2) is 0 Å². The van der Waals surface area contributed by atoms with E-state index in [4.69, 9.17) is 0 Å². The van der Waals surface area contributed by atoms with Crippen LogP contribution < -0.4 is 5.32 Å². The SMILES string of the molecule is CNC.[Mg+2]. The fourth-order valence-corrected chi connectivity index (χ4v) is 0. The van der Waals surface area contributed by atoms with Crippen LogP contribution in [-0.2, 0) is 0 Å². The second-order valence-electron chi connectivity index (χ2n) is 0.500. The quantitative estimate of drug-likeness (QED) is 0.377. The molecule has 1 N–H and O–H groups in total. The number of hydrogen-bond donors (Lipinski definition) is 1. The van der Waals surface area contributed by atoms with E-state index in [-0.39, 0.29) is 23.1 Å². The van der Waals surface area contributed by atoms with Crippen molar-refractivity contribution in [3.8, 4) is 0 Å². The maximum atomic E-state index is 2.75. The van der Waals surface area contributed by atoms with Gasteiger partial charge in [0, 0.05) is 0 Å². The Morgan fingerprint density at radius 2 is 1.25 bits per heavy atom. The predicted octanol–water partition coefficient (Wildman–Crippen LogP) is -0.545. The molecule has 0 amide bonds. The standard InChI is InChI=1S/C2H7N.Mg/c1-3-2;/h3H,1-2H3;/q;+2. The van der Waals surface area contributed by atoms with Crippen molar-refractivity contribution in [1.82, 2.24) is 5.32 Å². The summed E-state index contributed by atoms with van der Waals surface area (Å²) in [6, 6.07) is 0. The average Bonchev–Trinajstić information content (AvgIpc) is 0.918. The van der Waals surface area contributed by atoms with Gasteiger partial charge >= 0.3 is 23.1 Å². The smallest absolute Gasteiger partial charge is 0.323 e. The van der Waals surface area contributed by atoms with E-state index in [2.05, 4.69) is 5.32 Å². The van der Waals surface area contributed by atoms with Gasteiger partial charge in [-0.3, -0.25) is 0 Å². The Balaban J connectivity index is 0. The molecule has 0 saturated heterocycles. The van der Waals surface area contributed by atoms with Crippen molar-refractivity contribution in [2.24, 2.45) is 0 Å². The predicted molar refractivity (Wildman–Crippen MR) is 20.7 cm³/mol. The van der Waals surface area contributed by atoms with Crippen LogP contribution in [0.15, 0.2) is 0 Å². The summed E-state index contributed by atoms with van der Waals surface area (Å²) in [7, 11) is 3.75. The van der Waals surface area contributed by atoms with Gasteiger partial charge in [-0.2, -0.15) is 0 Å². The Morgan fingerprint density at radius 3 is 1.25 bits per heavy atom. The molecule has 0 spiro atoms. The molecule has 20 valence electrons. The minimum Gasteiger partial charge on any atom is -0.323 e. The van der Waals surface area contributed by atoms with E-state index in [1.54, 1.807) is 0 Å². The Bertz CT molecular complexity index is 6.00. The first-order valence-corrected chi connectivity index (χ1v) is 1.00. The van der Waals surface area contributed by atoms with E-state index in [1.165, 1.54) is 0 Å². The minimum absolute atomic E-state index is 0. The van der Waals surface area contributed by atoms with Gasteiger partial charge in [-0.05, 0) is 14.1 Å². The molecule has 0 aliphatic rings. The van der Waals surface area contributed by atoms with Crippen LogP contribution in [0.3, 0.4) is 0 Å². The van der Waals surface area contributed by atoms with E-state index < -0.39 is 0 Å². The summed E-state index contributed by atoms with van der Waals surface area (Å²) in [6.45, 7) is 0. The van der Waals surface area contributed by atoms with Crippen LogP contribution >= 0.6 is 0 Å². The third-order valence-electron chi connectivity index (χ3n) is 0. The third-order valence-corrected chi connectivity index (χ3v) is 0. The molecule has 0 saturated carbocycles. The topological polar surface area (TPSA) is 12.0 Å². The summed E-state index contributed by atoms with van der Waals surface area (Å²) in [5.41, 5.74) is 0. The molecular weight excluding hydrogens is 62.3 g/mol. The van der Waals surface area contributed by atoms with E-state index in [1.807, 2.05) is 14.1 Å². The molecule has 2 heteroatoms. The van der Waals surface area contributed by atoms with E-state index in [0.717, 1.165) is 0 Å². The maximum Gasteiger partial charge on any atom is 2.00 e. The van der Waals surface area contributed by atoms with Gasteiger partial charge in [-0.1, -0.05) is 0 Å². The van der Waals surface area contributed by atoms with Gasteiger partial charge < -0.3 is 5.32 Å². The average molecular weight is 69.4 g/mol. The Hall–Kier alpha value is 0.726. The molecule has 0 atom stereocenters. The van der Waals surface area contributed by atoms with Gasteiger partial charge in [0.2, 0.25) is 0 Å². The van der Waals surface area contributed by atoms with E-state index in [9.17, 15) is 0 Å². The Kier molecular flexibility index (Phi) is 20.5. The molecule has 0 aliphatic heterocycles. The molecule has 0 unspecified atom stereocenters. The van der Waals surface area contributed by atoms with Crippen LogP contribution in [0.2, 0.25) is 0 Å². The molecule has 0 aliphatic carbocycles. The molecule has 0 aromatic carbocycles. The monoisotopic (exact) mass is 69.0 g/mol. The van der Waals surface area contributed by atoms with Crippen molar-refractivity contribution in [1.29, 1.82) is 0 Å². The van der Waals surface area contributed by atoms with Crippen LogP contribution in [0.1, 0.15) is 0 Å². The second-order valence-corrected chi connectivity index (χ2v) is 0.500. The second kappa shape index (κ2) is 9.29. The third kappa shape index (κ3) is 15.4. The van der Waals surface area contributed by atoms with Gasteiger partial charge in [-0.15, -0.1) is 0 Å². The van der Waals surface area contributed by atoms with Crippen LogP contribution in [0.25, 0.3) is 0 Å². The fraction of sp³-hybridized carbons (Fsp3) is 1.00. The van der Waals surface area contributed by atoms with Crippen LogP contribution in [0, 0.1) is 0 Å². The van der Waals surface area contributed by atoms with Crippen LogP contribution in [0.4, 0.5) is 0 Å². The van der Waals surface area contributed by atoms with Crippen molar-refractivity contribution in [3.05, 3.63) is 0 Å². The number of rotatable bonds is 0. The van der Waals surface area contributed by atoms with Crippen molar-refractivity contribution in [2.75, 3.05) is 14.1 Å². The molecule has 0 aromatic heterocycles. The molecule has 0 heterocycles. The maximum absolute atomic E-state index is 2.75. The van der Waals surface area contributed by atoms with Gasteiger partial charge in [0.05, 0.1) is 0 Å². The summed E-state index contributed by atoms with van der Waals surface area (Å²) in [6.07, 6.45) is 0. The molecule has 1 nitrogen and oxygen atoms in total. The number of nitrogens with one attached hydrogen (secondary N) is 1. The molecule has 0 radical (unpaired) electrons. The summed E-state index contributed by atoms with van der Waals surface area (Å²) < 4.78 is 0. The molecular formula is C2H7MgN+2. The molecule has 0 rings (SSSR count). The first-order valence-electron chi connectivity index (χ1n) is 1.00. The fourth-order valence-electron chi connectivity index (χ4n) is 0. The normalized spacial score (nSPS) is 4.50. The summed E-state index contributed by atoms with van der Waals surface area (Å²) in [4.78, 5) is 0. The largest absolute Gasteiger partial charge is 2.00 e. The zero-order valence-corrected chi connectivity index (χ0v) is 4.62. The first kappa shape index (κ1) is 8.83. The van der Waals surface area contributed by atoms with Gasteiger partial charge in [-0.25, -0.2) is 0 Å². The van der Waals surface area contributed by atoms with Crippen LogP contribution in [0.5, 0.6) is 0 Å². The van der Waals surface area contributed by atoms with E-state index in [0.29, 0.717) is 0 Å². The molecule has 4 heavy (non-hydrogen) atoms. The van der Waals surface area contributed by atoms with Crippen molar-refractivity contribution in [3.63, 3.8) is 0 Å². The van der Waals surface area contributed by atoms with Gasteiger partial charge in [0.1, 0.15) is 0 Å². The van der Waals surface area contributed by atoms with Crippen molar-refractivity contribution >= 4 is 23.1 Å². The Labute approximate surface area is 42.9 Å². The van der Waals surface area contributed by atoms with Crippen molar-refractivity contribution < 1.29 is 0 Å². The molecule has 0 fully saturated rings. The van der Waals surface area contributed by atoms with Gasteiger partial charge in [0.25, 0.3) is 0 Å². The molecule has 0 aromatic rings.